The first-order valence-electron chi connectivity index (χ1n) is 8.15. The highest BCUT2D eigenvalue weighted by molar-refractivity contribution is 6.42. The highest BCUT2D eigenvalue weighted by Gasteiger charge is 2.38. The van der Waals surface area contributed by atoms with Gasteiger partial charge in [0.15, 0.2) is 0 Å². The van der Waals surface area contributed by atoms with Gasteiger partial charge in [-0.3, -0.25) is 14.4 Å². The summed E-state index contributed by atoms with van der Waals surface area (Å²) >= 11 is 0. The van der Waals surface area contributed by atoms with Gasteiger partial charge in [-0.25, -0.2) is 4.39 Å². The van der Waals surface area contributed by atoms with Gasteiger partial charge in [0, 0.05) is 12.7 Å². The minimum atomic E-state index is -4.79. The first kappa shape index (κ1) is 22.5. The highest BCUT2D eigenvalue weighted by Crippen LogP contribution is 2.21. The van der Waals surface area contributed by atoms with E-state index in [1.54, 1.807) is 6.07 Å². The summed E-state index contributed by atoms with van der Waals surface area (Å²) in [6, 6.07) is 2.92. The zero-order chi connectivity index (χ0) is 22.8. The molecule has 1 aromatic carbocycles. The molecule has 0 radical (unpaired) electrons. The molecule has 2 amide bonds. The molecule has 0 saturated heterocycles. The molecule has 0 spiro atoms. The molecule has 1 heterocycles. The maximum atomic E-state index is 14.4. The molecule has 2 aromatic rings. The molecular weight excluding hydrogens is 415 g/mol. The fraction of sp³-hybridized carbons (Fsp3) is 0.222. The van der Waals surface area contributed by atoms with E-state index in [0.29, 0.717) is 17.6 Å². The number of hydrogen-bond acceptors (Lipinski definition) is 4. The van der Waals surface area contributed by atoms with E-state index in [4.69, 9.17) is 5.26 Å². The van der Waals surface area contributed by atoms with Crippen molar-refractivity contribution in [1.29, 1.82) is 5.26 Å². The van der Waals surface area contributed by atoms with E-state index >= 15 is 0 Å². The SMILES string of the molecule is C[C@H](NC(=O)C(=O)c1cc(C(=O)Nc2ccc(F)c(C#N)c2)c(F)n1C)C(F)(F)F. The second-order valence-corrected chi connectivity index (χ2v) is 6.12. The average Bonchev–Trinajstić information content (AvgIpc) is 2.97. The summed E-state index contributed by atoms with van der Waals surface area (Å²) in [6.45, 7) is 0.619. The molecule has 30 heavy (non-hydrogen) atoms. The lowest BCUT2D eigenvalue weighted by atomic mass is 10.2. The summed E-state index contributed by atoms with van der Waals surface area (Å²) in [5, 5.41) is 12.4. The Hall–Kier alpha value is -3.75. The number of amides is 2. The zero-order valence-corrected chi connectivity index (χ0v) is 15.4. The molecule has 0 aliphatic rings. The first-order valence-corrected chi connectivity index (χ1v) is 8.15. The minimum absolute atomic E-state index is 0.0502. The molecule has 0 bridgehead atoms. The second kappa shape index (κ2) is 8.32. The van der Waals surface area contributed by atoms with Crippen molar-refractivity contribution in [3.63, 3.8) is 0 Å². The molecule has 0 saturated carbocycles. The summed E-state index contributed by atoms with van der Waals surface area (Å²) in [6.07, 6.45) is -4.79. The fourth-order valence-electron chi connectivity index (χ4n) is 2.30. The second-order valence-electron chi connectivity index (χ2n) is 6.12. The van der Waals surface area contributed by atoms with Crippen LogP contribution in [0.15, 0.2) is 24.3 Å². The van der Waals surface area contributed by atoms with E-state index in [1.165, 1.54) is 5.32 Å². The van der Waals surface area contributed by atoms with Gasteiger partial charge < -0.3 is 15.2 Å². The smallest absolute Gasteiger partial charge is 0.338 e. The normalized spacial score (nSPS) is 12.1. The molecule has 1 atom stereocenters. The monoisotopic (exact) mass is 428 g/mol. The van der Waals surface area contributed by atoms with Crippen LogP contribution in [0.25, 0.3) is 0 Å². The quantitative estimate of drug-likeness (QED) is 0.434. The van der Waals surface area contributed by atoms with Crippen molar-refractivity contribution in [2.45, 2.75) is 19.1 Å². The number of hydrogen-bond donors (Lipinski definition) is 2. The first-order chi connectivity index (χ1) is 13.9. The number of ketones is 1. The number of nitriles is 1. The number of halogens is 5. The van der Waals surface area contributed by atoms with Gasteiger partial charge in [-0.1, -0.05) is 0 Å². The van der Waals surface area contributed by atoms with Crippen LogP contribution in [0.4, 0.5) is 27.6 Å². The summed E-state index contributed by atoms with van der Waals surface area (Å²) in [5.41, 5.74) is -1.79. The van der Waals surface area contributed by atoms with Crippen LogP contribution in [0, 0.1) is 23.1 Å². The maximum absolute atomic E-state index is 14.4. The van der Waals surface area contributed by atoms with Crippen molar-refractivity contribution in [1.82, 2.24) is 9.88 Å². The standard InChI is InChI=1S/C18H13F5N4O3/c1-8(18(21,22)23)25-17(30)14(28)13-6-11(15(20)27(13)2)16(29)26-10-3-4-12(19)9(5-10)7-24/h3-6,8H,1-2H3,(H,25,30)(H,26,29)/t8-/m0/s1. The van der Waals surface area contributed by atoms with Crippen LogP contribution in [-0.4, -0.2) is 34.4 Å². The Morgan fingerprint density at radius 3 is 2.37 bits per heavy atom. The molecule has 2 N–H and O–H groups in total. The summed E-state index contributed by atoms with van der Waals surface area (Å²) in [7, 11) is 0.992. The van der Waals surface area contributed by atoms with Crippen LogP contribution >= 0.6 is 0 Å². The number of nitrogens with one attached hydrogen (secondary N) is 2. The van der Waals surface area contributed by atoms with Crippen LogP contribution in [0.2, 0.25) is 0 Å². The van der Waals surface area contributed by atoms with Crippen molar-refractivity contribution < 1.29 is 36.3 Å². The van der Waals surface area contributed by atoms with Gasteiger partial charge in [0.25, 0.3) is 17.6 Å². The number of benzene rings is 1. The summed E-state index contributed by atoms with van der Waals surface area (Å²) in [4.78, 5) is 36.2. The van der Waals surface area contributed by atoms with Gasteiger partial charge in [-0.15, -0.1) is 0 Å². The van der Waals surface area contributed by atoms with Gasteiger partial charge in [0.1, 0.15) is 17.9 Å². The van der Waals surface area contributed by atoms with Crippen LogP contribution < -0.4 is 10.6 Å². The third kappa shape index (κ3) is 4.62. The lowest BCUT2D eigenvalue weighted by Gasteiger charge is -2.16. The van der Waals surface area contributed by atoms with E-state index in [2.05, 4.69) is 5.32 Å². The number of Topliss-reactive ketones (excluding diaryl/α,β-unsaturated/α-hetero) is 1. The lowest BCUT2D eigenvalue weighted by Crippen LogP contribution is -2.46. The van der Waals surface area contributed by atoms with E-state index in [1.807, 2.05) is 0 Å². The molecule has 0 aliphatic carbocycles. The Kier molecular flexibility index (Phi) is 6.25. The topological polar surface area (TPSA) is 104 Å². The lowest BCUT2D eigenvalue weighted by molar-refractivity contribution is -0.156. The Bertz CT molecular complexity index is 1070. The molecule has 1 aromatic heterocycles. The average molecular weight is 428 g/mol. The van der Waals surface area contributed by atoms with Gasteiger partial charge in [0.2, 0.25) is 5.95 Å². The third-order valence-electron chi connectivity index (χ3n) is 4.03. The van der Waals surface area contributed by atoms with E-state index in [9.17, 15) is 36.3 Å². The van der Waals surface area contributed by atoms with Crippen LogP contribution in [0.1, 0.15) is 33.3 Å². The molecular formula is C18H13F5N4O3. The number of alkyl halides is 3. The number of carbonyl (C=O) groups is 3. The van der Waals surface area contributed by atoms with E-state index in [0.717, 1.165) is 25.2 Å². The van der Waals surface area contributed by atoms with Crippen LogP contribution in [0.3, 0.4) is 0 Å². The molecule has 12 heteroatoms. The molecule has 158 valence electrons. The summed E-state index contributed by atoms with van der Waals surface area (Å²) in [5.74, 6) is -6.30. The molecule has 0 fully saturated rings. The molecule has 2 rings (SSSR count). The number of rotatable bonds is 5. The van der Waals surface area contributed by atoms with Gasteiger partial charge in [0.05, 0.1) is 16.8 Å². The van der Waals surface area contributed by atoms with Crippen LogP contribution in [0.5, 0.6) is 0 Å². The molecule has 7 nitrogen and oxygen atoms in total. The van der Waals surface area contributed by atoms with Crippen molar-refractivity contribution in [3.05, 3.63) is 52.9 Å². The van der Waals surface area contributed by atoms with Gasteiger partial charge in [-0.2, -0.15) is 22.8 Å². The van der Waals surface area contributed by atoms with Crippen molar-refractivity contribution in [3.8, 4) is 6.07 Å². The van der Waals surface area contributed by atoms with Gasteiger partial charge in [-0.05, 0) is 31.2 Å². The number of anilines is 1. The van der Waals surface area contributed by atoms with E-state index < -0.39 is 52.8 Å². The largest absolute Gasteiger partial charge is 0.408 e. The predicted molar refractivity (Wildman–Crippen MR) is 92.4 cm³/mol. The fourth-order valence-corrected chi connectivity index (χ4v) is 2.30. The number of aromatic nitrogens is 1. The summed E-state index contributed by atoms with van der Waals surface area (Å²) < 4.78 is 65.8. The third-order valence-corrected chi connectivity index (χ3v) is 4.03. The molecule has 0 unspecified atom stereocenters. The van der Waals surface area contributed by atoms with Crippen molar-refractivity contribution in [2.75, 3.05) is 5.32 Å². The van der Waals surface area contributed by atoms with Gasteiger partial charge >= 0.3 is 6.18 Å². The van der Waals surface area contributed by atoms with Crippen LogP contribution in [-0.2, 0) is 11.8 Å². The highest BCUT2D eigenvalue weighted by atomic mass is 19.4. The number of nitrogens with zero attached hydrogens (tertiary/aromatic N) is 2. The van der Waals surface area contributed by atoms with E-state index in [-0.39, 0.29) is 11.3 Å². The molecule has 0 aliphatic heterocycles. The minimum Gasteiger partial charge on any atom is -0.338 e. The van der Waals surface area contributed by atoms with Crippen molar-refractivity contribution >= 4 is 23.3 Å². The predicted octanol–water partition coefficient (Wildman–Crippen LogP) is 2.68. The van der Waals surface area contributed by atoms with Crippen molar-refractivity contribution in [2.24, 2.45) is 7.05 Å². The maximum Gasteiger partial charge on any atom is 0.408 e. The zero-order valence-electron chi connectivity index (χ0n) is 15.4. The Morgan fingerprint density at radius 1 is 1.17 bits per heavy atom. The Balaban J connectivity index is 2.26. The Labute approximate surface area is 166 Å². The Morgan fingerprint density at radius 2 is 1.80 bits per heavy atom. The number of carbonyl (C=O) groups excluding carboxylic acids is 3.